The van der Waals surface area contributed by atoms with Crippen molar-refractivity contribution in [1.82, 2.24) is 4.57 Å². The molecule has 0 fully saturated rings. The first-order valence-corrected chi connectivity index (χ1v) is 30.2. The number of hydrogen-bond acceptors (Lipinski definition) is 5. The normalized spacial score (nSPS) is 12.7. The minimum Gasteiger partial charge on any atom is -0.311 e. The van der Waals surface area contributed by atoms with Crippen LogP contribution in [-0.2, 0) is 5.41 Å². The molecule has 0 amide bonds. The number of hydrogen-bond donors (Lipinski definition) is 0. The third kappa shape index (κ3) is 8.05. The number of fused-ring (bicyclic) bond motifs is 11. The maximum absolute atomic E-state index is 2.64. The van der Waals surface area contributed by atoms with Gasteiger partial charge in [0.2, 0.25) is 0 Å². The molecular weight excluding hydrogens is 1040 g/mol. The van der Waals surface area contributed by atoms with Crippen molar-refractivity contribution in [2.24, 2.45) is 0 Å². The molecule has 0 bridgehead atoms. The highest BCUT2D eigenvalue weighted by atomic mass is 32.2. The largest absolute Gasteiger partial charge is 0.311 e. The maximum atomic E-state index is 2.64. The fourth-order valence-electron chi connectivity index (χ4n) is 13.2. The summed E-state index contributed by atoms with van der Waals surface area (Å²) in [6.45, 7) is 6.84. The molecular formula is C76H55BN4S2. The average molecular weight is 1100 g/mol. The van der Waals surface area contributed by atoms with E-state index in [1.54, 1.807) is 0 Å². The zero-order chi connectivity index (χ0) is 55.3. The first kappa shape index (κ1) is 49.3. The Labute approximate surface area is 492 Å². The van der Waals surface area contributed by atoms with Gasteiger partial charge in [-0.2, -0.15) is 0 Å². The number of nitrogens with zero attached hydrogens (tertiary/aromatic N) is 4. The van der Waals surface area contributed by atoms with Crippen LogP contribution in [0.5, 0.6) is 0 Å². The number of anilines is 9. The molecule has 0 saturated carbocycles. The minimum atomic E-state index is -0.133. The van der Waals surface area contributed by atoms with Gasteiger partial charge in [0, 0.05) is 91.8 Å². The summed E-state index contributed by atoms with van der Waals surface area (Å²) in [4.78, 5) is 10.0. The van der Waals surface area contributed by atoms with Crippen molar-refractivity contribution in [2.75, 3.05) is 14.7 Å². The van der Waals surface area contributed by atoms with Gasteiger partial charge in [-0.05, 0) is 142 Å². The second-order valence-electron chi connectivity index (χ2n) is 22.8. The monoisotopic (exact) mass is 1100 g/mol. The van der Waals surface area contributed by atoms with Crippen molar-refractivity contribution in [3.05, 3.63) is 285 Å². The summed E-state index contributed by atoms with van der Waals surface area (Å²) in [7, 11) is 0. The highest BCUT2D eigenvalue weighted by Gasteiger charge is 2.44. The molecule has 2 aliphatic heterocycles. The molecule has 14 aromatic rings. The maximum Gasteiger partial charge on any atom is 0.251 e. The minimum absolute atomic E-state index is 0.0902. The van der Waals surface area contributed by atoms with E-state index in [0.29, 0.717) is 0 Å². The summed E-state index contributed by atoms with van der Waals surface area (Å²) < 4.78 is 5.10. The summed E-state index contributed by atoms with van der Waals surface area (Å²) in [5, 5.41) is 5.01. The molecule has 4 nitrogen and oxygen atoms in total. The SMILES string of the molecule is CC(C)(C)c1ccc(N2c3cc(N(c4ccccc4)c4ccccc4)ccc3B3c4c(cc(-n5c6ccccc6c6ccccc65)cc42)Sc2cc(N(c4ccccc4)c4ccccc4)c4c(sc5ccccc54)c23)c(-c2ccccc2)c1. The molecule has 0 radical (unpaired) electrons. The Morgan fingerprint density at radius 3 is 1.54 bits per heavy atom. The lowest BCUT2D eigenvalue weighted by atomic mass is 9.34. The van der Waals surface area contributed by atoms with Crippen LogP contribution in [0.4, 0.5) is 51.2 Å². The van der Waals surface area contributed by atoms with Gasteiger partial charge in [-0.25, -0.2) is 0 Å². The molecule has 16 rings (SSSR count). The van der Waals surface area contributed by atoms with Crippen molar-refractivity contribution < 1.29 is 0 Å². The van der Waals surface area contributed by atoms with Crippen molar-refractivity contribution in [2.45, 2.75) is 36.0 Å². The Morgan fingerprint density at radius 2 is 0.940 bits per heavy atom. The lowest BCUT2D eigenvalue weighted by molar-refractivity contribution is 0.590. The summed E-state index contributed by atoms with van der Waals surface area (Å²) in [5.41, 5.74) is 21.1. The third-order valence-electron chi connectivity index (χ3n) is 16.9. The van der Waals surface area contributed by atoms with Gasteiger partial charge in [0.05, 0.1) is 22.4 Å². The zero-order valence-corrected chi connectivity index (χ0v) is 47.9. The lowest BCUT2D eigenvalue weighted by Crippen LogP contribution is -2.60. The van der Waals surface area contributed by atoms with Crippen LogP contribution >= 0.6 is 23.1 Å². The summed E-state index contributed by atoms with van der Waals surface area (Å²) in [6, 6.07) is 104. The van der Waals surface area contributed by atoms with E-state index in [1.807, 2.05) is 23.1 Å². The Balaban J connectivity index is 1.05. The smallest absolute Gasteiger partial charge is 0.251 e. The molecule has 394 valence electrons. The van der Waals surface area contributed by atoms with E-state index in [1.165, 1.54) is 96.2 Å². The van der Waals surface area contributed by atoms with Crippen molar-refractivity contribution in [3.63, 3.8) is 0 Å². The van der Waals surface area contributed by atoms with E-state index in [2.05, 4.69) is 319 Å². The number of para-hydroxylation sites is 6. The predicted molar refractivity (Wildman–Crippen MR) is 357 cm³/mol. The second kappa shape index (κ2) is 19.6. The molecule has 4 heterocycles. The van der Waals surface area contributed by atoms with E-state index in [-0.39, 0.29) is 12.1 Å². The molecule has 0 aliphatic carbocycles. The van der Waals surface area contributed by atoms with Gasteiger partial charge >= 0.3 is 0 Å². The average Bonchev–Trinajstić information content (AvgIpc) is 1.98. The highest BCUT2D eigenvalue weighted by Crippen LogP contribution is 2.53. The molecule has 12 aromatic carbocycles. The Kier molecular flexibility index (Phi) is 11.6. The second-order valence-corrected chi connectivity index (χ2v) is 25.0. The quantitative estimate of drug-likeness (QED) is 0.134. The summed E-state index contributed by atoms with van der Waals surface area (Å²) >= 11 is 3.87. The van der Waals surface area contributed by atoms with Crippen LogP contribution in [-0.4, -0.2) is 11.3 Å². The number of aromatic nitrogens is 1. The van der Waals surface area contributed by atoms with Gasteiger partial charge in [-0.15, -0.1) is 11.3 Å². The molecule has 0 atom stereocenters. The lowest BCUT2D eigenvalue weighted by Gasteiger charge is -2.42. The van der Waals surface area contributed by atoms with Gasteiger partial charge < -0.3 is 19.3 Å². The van der Waals surface area contributed by atoms with Crippen LogP contribution in [0.3, 0.4) is 0 Å². The van der Waals surface area contributed by atoms with E-state index < -0.39 is 0 Å². The molecule has 2 aliphatic rings. The fraction of sp³-hybridized carbons (Fsp3) is 0.0526. The number of benzene rings is 12. The molecule has 7 heteroatoms. The van der Waals surface area contributed by atoms with E-state index in [4.69, 9.17) is 0 Å². The predicted octanol–water partition coefficient (Wildman–Crippen LogP) is 19.8. The van der Waals surface area contributed by atoms with E-state index in [9.17, 15) is 0 Å². The first-order valence-electron chi connectivity index (χ1n) is 28.6. The summed E-state index contributed by atoms with van der Waals surface area (Å²) in [6.07, 6.45) is 0. The van der Waals surface area contributed by atoms with Crippen LogP contribution in [0.1, 0.15) is 26.3 Å². The van der Waals surface area contributed by atoms with Crippen molar-refractivity contribution in [1.29, 1.82) is 0 Å². The standard InChI is InChI=1S/C76H55BN4S2/c1-76(2,3)51-41-44-65(61(45-51)50-25-9-4-10-26-50)81-66-46-56(78(52-27-11-5-12-28-52)53-29-13-6-14-30-53)42-43-62(66)77-73-68(81)47-57(80-63-38-22-19-35-58(63)59-36-20-23-39-64(59)80)48-70(73)82-71-49-67(72-60-37-21-24-40-69(60)83-75(72)74(71)77)79(54-31-15-7-16-32-54)55-33-17-8-18-34-55/h4-49H,1-3H3. The molecule has 0 saturated heterocycles. The van der Waals surface area contributed by atoms with Crippen LogP contribution in [0.25, 0.3) is 58.8 Å². The van der Waals surface area contributed by atoms with Gasteiger partial charge in [-0.3, -0.25) is 0 Å². The van der Waals surface area contributed by atoms with E-state index >= 15 is 0 Å². The Hall–Kier alpha value is -9.53. The zero-order valence-electron chi connectivity index (χ0n) is 46.2. The van der Waals surface area contributed by atoms with E-state index in [0.717, 1.165) is 45.5 Å². The van der Waals surface area contributed by atoms with Gasteiger partial charge in [-0.1, -0.05) is 202 Å². The highest BCUT2D eigenvalue weighted by molar-refractivity contribution is 8.00. The fourth-order valence-corrected chi connectivity index (χ4v) is 15.8. The van der Waals surface area contributed by atoms with Gasteiger partial charge in [0.15, 0.2) is 0 Å². The topological polar surface area (TPSA) is 14.7 Å². The molecule has 2 aromatic heterocycles. The molecule has 0 N–H and O–H groups in total. The Bertz CT molecular complexity index is 4690. The van der Waals surface area contributed by atoms with Crippen LogP contribution in [0.15, 0.2) is 289 Å². The van der Waals surface area contributed by atoms with Gasteiger partial charge in [0.1, 0.15) is 0 Å². The van der Waals surface area contributed by atoms with Crippen LogP contribution in [0, 0.1) is 0 Å². The summed E-state index contributed by atoms with van der Waals surface area (Å²) in [5.74, 6) is 0. The van der Waals surface area contributed by atoms with Crippen molar-refractivity contribution >= 4 is 139 Å². The van der Waals surface area contributed by atoms with Crippen LogP contribution < -0.4 is 31.1 Å². The van der Waals surface area contributed by atoms with Crippen LogP contribution in [0.2, 0.25) is 0 Å². The number of thiophene rings is 1. The molecule has 0 spiro atoms. The molecule has 83 heavy (non-hydrogen) atoms. The van der Waals surface area contributed by atoms with Gasteiger partial charge in [0.25, 0.3) is 6.71 Å². The number of rotatable bonds is 9. The third-order valence-corrected chi connectivity index (χ3v) is 19.2. The first-order chi connectivity index (χ1) is 40.8. The Morgan fingerprint density at radius 1 is 0.410 bits per heavy atom. The van der Waals surface area contributed by atoms with Crippen molar-refractivity contribution in [3.8, 4) is 16.8 Å². The molecule has 0 unspecified atom stereocenters.